The van der Waals surface area contributed by atoms with Gasteiger partial charge in [0, 0.05) is 23.2 Å². The summed E-state index contributed by atoms with van der Waals surface area (Å²) in [5.41, 5.74) is 0.760. The van der Waals surface area contributed by atoms with E-state index in [1.54, 1.807) is 11.8 Å². The van der Waals surface area contributed by atoms with Gasteiger partial charge < -0.3 is 15.0 Å². The van der Waals surface area contributed by atoms with E-state index in [0.29, 0.717) is 32.5 Å². The van der Waals surface area contributed by atoms with Crippen molar-refractivity contribution in [2.75, 3.05) is 25.0 Å². The Morgan fingerprint density at radius 1 is 1.29 bits per heavy atom. The third-order valence-corrected chi connectivity index (χ3v) is 4.03. The fraction of sp³-hybridized carbons (Fsp3) is 0.467. The van der Waals surface area contributed by atoms with Gasteiger partial charge in [0.1, 0.15) is 0 Å². The van der Waals surface area contributed by atoms with Crippen LogP contribution in [0.15, 0.2) is 28.7 Å². The van der Waals surface area contributed by atoms with Gasteiger partial charge in [-0.05, 0) is 44.0 Å². The van der Waals surface area contributed by atoms with E-state index in [-0.39, 0.29) is 17.9 Å². The lowest BCUT2D eigenvalue weighted by Crippen LogP contribution is -2.42. The molecule has 1 heterocycles. The number of hydrogen-bond donors (Lipinski definition) is 1. The van der Waals surface area contributed by atoms with Gasteiger partial charge in [0.15, 0.2) is 0 Å². The Morgan fingerprint density at radius 2 is 1.90 bits per heavy atom. The molecule has 0 unspecified atom stereocenters. The molecule has 114 valence electrons. The minimum absolute atomic E-state index is 0.0818. The summed E-state index contributed by atoms with van der Waals surface area (Å²) in [6, 6.07) is 7.31. The van der Waals surface area contributed by atoms with Crippen molar-refractivity contribution in [3.63, 3.8) is 0 Å². The first kappa shape index (κ1) is 15.8. The third-order valence-electron chi connectivity index (χ3n) is 3.50. The zero-order chi connectivity index (χ0) is 15.2. The fourth-order valence-corrected chi connectivity index (χ4v) is 2.58. The average molecular weight is 355 g/mol. The molecule has 1 aliphatic heterocycles. The summed E-state index contributed by atoms with van der Waals surface area (Å²) < 4.78 is 5.99. The summed E-state index contributed by atoms with van der Waals surface area (Å²) in [6.45, 7) is 3.36. The van der Waals surface area contributed by atoms with Crippen LogP contribution in [0, 0.1) is 5.92 Å². The lowest BCUT2D eigenvalue weighted by atomic mass is 9.97. The van der Waals surface area contributed by atoms with E-state index in [2.05, 4.69) is 21.2 Å². The normalized spacial score (nSPS) is 15.6. The molecule has 1 saturated heterocycles. The SMILES string of the molecule is CCOC(=O)C1CCN(C(=O)Nc2ccc(Br)cc2)CC1. The Kier molecular flexibility index (Phi) is 5.61. The van der Waals surface area contributed by atoms with Gasteiger partial charge >= 0.3 is 12.0 Å². The number of halogens is 1. The van der Waals surface area contributed by atoms with Crippen LogP contribution >= 0.6 is 15.9 Å². The van der Waals surface area contributed by atoms with E-state index in [1.165, 1.54) is 0 Å². The zero-order valence-corrected chi connectivity index (χ0v) is 13.6. The van der Waals surface area contributed by atoms with Crippen LogP contribution in [0.4, 0.5) is 10.5 Å². The van der Waals surface area contributed by atoms with Crippen LogP contribution in [0.2, 0.25) is 0 Å². The predicted molar refractivity (Wildman–Crippen MR) is 84.1 cm³/mol. The molecule has 0 bridgehead atoms. The van der Waals surface area contributed by atoms with Crippen LogP contribution in [0.3, 0.4) is 0 Å². The zero-order valence-electron chi connectivity index (χ0n) is 12.0. The molecule has 2 amide bonds. The number of carbonyl (C=O) groups excluding carboxylic acids is 2. The van der Waals surface area contributed by atoms with Crippen molar-refractivity contribution in [3.05, 3.63) is 28.7 Å². The molecule has 1 aromatic carbocycles. The first-order valence-corrected chi connectivity index (χ1v) is 7.87. The molecule has 21 heavy (non-hydrogen) atoms. The van der Waals surface area contributed by atoms with Crippen LogP contribution in [0.5, 0.6) is 0 Å². The molecule has 0 atom stereocenters. The Hall–Kier alpha value is -1.56. The van der Waals surface area contributed by atoms with Crippen molar-refractivity contribution < 1.29 is 14.3 Å². The molecule has 1 N–H and O–H groups in total. The Morgan fingerprint density at radius 3 is 2.48 bits per heavy atom. The monoisotopic (exact) mass is 354 g/mol. The maximum atomic E-state index is 12.1. The van der Waals surface area contributed by atoms with Gasteiger partial charge in [0.05, 0.1) is 12.5 Å². The quantitative estimate of drug-likeness (QED) is 0.847. The van der Waals surface area contributed by atoms with Crippen LogP contribution < -0.4 is 5.32 Å². The highest BCUT2D eigenvalue weighted by atomic mass is 79.9. The molecule has 6 heteroatoms. The molecule has 0 radical (unpaired) electrons. The molecular weight excluding hydrogens is 336 g/mol. The Balaban J connectivity index is 1.83. The molecule has 0 aliphatic carbocycles. The first-order chi connectivity index (χ1) is 10.1. The summed E-state index contributed by atoms with van der Waals surface area (Å²) in [5.74, 6) is -0.229. The summed E-state index contributed by atoms with van der Waals surface area (Å²) in [4.78, 5) is 25.5. The number of benzene rings is 1. The van der Waals surface area contributed by atoms with E-state index in [4.69, 9.17) is 4.74 Å². The van der Waals surface area contributed by atoms with Crippen molar-refractivity contribution in [2.24, 2.45) is 5.92 Å². The molecular formula is C15H19BrN2O3. The maximum Gasteiger partial charge on any atom is 0.321 e. The molecule has 0 spiro atoms. The molecule has 1 aliphatic rings. The van der Waals surface area contributed by atoms with Crippen molar-refractivity contribution in [2.45, 2.75) is 19.8 Å². The average Bonchev–Trinajstić information content (AvgIpc) is 2.50. The predicted octanol–water partition coefficient (Wildman–Crippen LogP) is 3.26. The number of nitrogens with one attached hydrogen (secondary N) is 1. The third kappa shape index (κ3) is 4.46. The second-order valence-electron chi connectivity index (χ2n) is 4.95. The molecule has 5 nitrogen and oxygen atoms in total. The summed E-state index contributed by atoms with van der Waals surface area (Å²) in [7, 11) is 0. The van der Waals surface area contributed by atoms with E-state index in [1.807, 2.05) is 24.3 Å². The lowest BCUT2D eigenvalue weighted by molar-refractivity contribution is -0.149. The number of carbonyl (C=O) groups is 2. The highest BCUT2D eigenvalue weighted by Crippen LogP contribution is 2.20. The largest absolute Gasteiger partial charge is 0.466 e. The van der Waals surface area contributed by atoms with Gasteiger partial charge in [0.25, 0.3) is 0 Å². The van der Waals surface area contributed by atoms with E-state index in [0.717, 1.165) is 10.2 Å². The van der Waals surface area contributed by atoms with Gasteiger partial charge in [-0.1, -0.05) is 15.9 Å². The number of hydrogen-bond acceptors (Lipinski definition) is 3. The second-order valence-corrected chi connectivity index (χ2v) is 5.87. The number of anilines is 1. The lowest BCUT2D eigenvalue weighted by Gasteiger charge is -2.30. The minimum atomic E-state index is -0.148. The van der Waals surface area contributed by atoms with E-state index >= 15 is 0 Å². The van der Waals surface area contributed by atoms with Crippen molar-refractivity contribution in [1.29, 1.82) is 0 Å². The fourth-order valence-electron chi connectivity index (χ4n) is 2.31. The summed E-state index contributed by atoms with van der Waals surface area (Å²) in [6.07, 6.45) is 1.32. The summed E-state index contributed by atoms with van der Waals surface area (Å²) >= 11 is 3.35. The number of urea groups is 1. The van der Waals surface area contributed by atoms with E-state index in [9.17, 15) is 9.59 Å². The van der Waals surface area contributed by atoms with Crippen LogP contribution in [0.25, 0.3) is 0 Å². The van der Waals surface area contributed by atoms with Crippen LogP contribution in [0.1, 0.15) is 19.8 Å². The number of esters is 1. The van der Waals surface area contributed by atoms with Crippen molar-refractivity contribution in [1.82, 2.24) is 4.90 Å². The molecule has 0 aromatic heterocycles. The van der Waals surface area contributed by atoms with Crippen LogP contribution in [-0.4, -0.2) is 36.6 Å². The van der Waals surface area contributed by atoms with Gasteiger partial charge in [0.2, 0.25) is 0 Å². The number of ether oxygens (including phenoxy) is 1. The van der Waals surface area contributed by atoms with Crippen LogP contribution in [-0.2, 0) is 9.53 Å². The van der Waals surface area contributed by atoms with Gasteiger partial charge in [-0.25, -0.2) is 4.79 Å². The Bertz CT molecular complexity index is 496. The number of rotatable bonds is 3. The topological polar surface area (TPSA) is 58.6 Å². The number of piperidine rings is 1. The first-order valence-electron chi connectivity index (χ1n) is 7.08. The molecule has 2 rings (SSSR count). The highest BCUT2D eigenvalue weighted by Gasteiger charge is 2.28. The highest BCUT2D eigenvalue weighted by molar-refractivity contribution is 9.10. The number of amides is 2. The number of likely N-dealkylation sites (tertiary alicyclic amines) is 1. The smallest absolute Gasteiger partial charge is 0.321 e. The number of nitrogens with zero attached hydrogens (tertiary/aromatic N) is 1. The second kappa shape index (κ2) is 7.45. The van der Waals surface area contributed by atoms with Gasteiger partial charge in [-0.3, -0.25) is 4.79 Å². The van der Waals surface area contributed by atoms with Gasteiger partial charge in [-0.2, -0.15) is 0 Å². The minimum Gasteiger partial charge on any atom is -0.466 e. The van der Waals surface area contributed by atoms with Crippen molar-refractivity contribution in [3.8, 4) is 0 Å². The maximum absolute atomic E-state index is 12.1. The summed E-state index contributed by atoms with van der Waals surface area (Å²) in [5, 5.41) is 2.86. The molecule has 1 aromatic rings. The molecule has 0 saturated carbocycles. The standard InChI is InChI=1S/C15H19BrN2O3/c1-2-21-14(19)11-7-9-18(10-8-11)15(20)17-13-5-3-12(16)4-6-13/h3-6,11H,2,7-10H2,1H3,(H,17,20). The van der Waals surface area contributed by atoms with Crippen molar-refractivity contribution >= 4 is 33.6 Å². The Labute approximate surface area is 132 Å². The van der Waals surface area contributed by atoms with E-state index < -0.39 is 0 Å². The molecule has 1 fully saturated rings. The van der Waals surface area contributed by atoms with Gasteiger partial charge in [-0.15, -0.1) is 0 Å².